The van der Waals surface area contributed by atoms with Gasteiger partial charge in [0.1, 0.15) is 5.37 Å². The molecule has 2 heterocycles. The summed E-state index contributed by atoms with van der Waals surface area (Å²) in [5.74, 6) is 2.22. The van der Waals surface area contributed by atoms with E-state index < -0.39 is 0 Å². The predicted octanol–water partition coefficient (Wildman–Crippen LogP) is 3.53. The molecule has 27 heavy (non-hydrogen) atoms. The van der Waals surface area contributed by atoms with Crippen LogP contribution in [0, 0.1) is 0 Å². The summed E-state index contributed by atoms with van der Waals surface area (Å²) in [5, 5.41) is -0.0603. The lowest BCUT2D eigenvalue weighted by Gasteiger charge is -2.25. The van der Waals surface area contributed by atoms with Gasteiger partial charge in [0.05, 0.1) is 25.3 Å². The van der Waals surface area contributed by atoms with Crippen molar-refractivity contribution >= 4 is 28.7 Å². The van der Waals surface area contributed by atoms with E-state index >= 15 is 0 Å². The van der Waals surface area contributed by atoms with Crippen LogP contribution >= 0.6 is 11.8 Å². The Balaban J connectivity index is 1.65. The molecular formula is C20H19N3O3S. The average Bonchev–Trinajstić information content (AvgIpc) is 3.22. The van der Waals surface area contributed by atoms with Crippen LogP contribution in [0.25, 0.3) is 11.0 Å². The standard InChI is InChI=1S/C20H19N3O3S/c1-25-17-6-4-14(12-18(17)26-2)20-23(9-10-27-20)19(24)13-3-5-15-16(11-13)22-8-7-21-15/h3-8,11-12,20H,9-10H2,1-2H3. The number of fused-ring (bicyclic) bond motifs is 1. The summed E-state index contributed by atoms with van der Waals surface area (Å²) in [6.45, 7) is 0.695. The summed E-state index contributed by atoms with van der Waals surface area (Å²) < 4.78 is 10.7. The van der Waals surface area contributed by atoms with Crippen LogP contribution < -0.4 is 9.47 Å². The van der Waals surface area contributed by atoms with Crippen LogP contribution in [0.4, 0.5) is 0 Å². The summed E-state index contributed by atoms with van der Waals surface area (Å²) in [6, 6.07) is 11.3. The van der Waals surface area contributed by atoms with Crippen LogP contribution in [-0.2, 0) is 0 Å². The van der Waals surface area contributed by atoms with E-state index in [0.29, 0.717) is 23.6 Å². The molecule has 2 aromatic carbocycles. The summed E-state index contributed by atoms with van der Waals surface area (Å²) in [5.41, 5.74) is 3.14. The Morgan fingerprint density at radius 1 is 1.04 bits per heavy atom. The topological polar surface area (TPSA) is 64.5 Å². The number of thioether (sulfide) groups is 1. The molecule has 1 saturated heterocycles. The molecule has 4 rings (SSSR count). The number of carbonyl (C=O) groups excluding carboxylic acids is 1. The third-order valence-corrected chi connectivity index (χ3v) is 5.82. The van der Waals surface area contributed by atoms with Crippen LogP contribution in [0.5, 0.6) is 11.5 Å². The van der Waals surface area contributed by atoms with Crippen molar-refractivity contribution < 1.29 is 14.3 Å². The van der Waals surface area contributed by atoms with Crippen molar-refractivity contribution in [3.8, 4) is 11.5 Å². The molecule has 0 aliphatic carbocycles. The normalized spacial score (nSPS) is 16.5. The number of hydrogen-bond donors (Lipinski definition) is 0. The Morgan fingerprint density at radius 2 is 1.81 bits per heavy atom. The minimum absolute atomic E-state index is 0.00709. The van der Waals surface area contributed by atoms with Gasteiger partial charge in [0, 0.05) is 30.3 Å². The molecule has 0 bridgehead atoms. The van der Waals surface area contributed by atoms with Crippen molar-refractivity contribution in [1.82, 2.24) is 14.9 Å². The summed E-state index contributed by atoms with van der Waals surface area (Å²) in [4.78, 5) is 23.6. The second-order valence-electron chi connectivity index (χ2n) is 6.10. The van der Waals surface area contributed by atoms with Crippen LogP contribution in [-0.4, -0.2) is 47.3 Å². The van der Waals surface area contributed by atoms with E-state index in [0.717, 1.165) is 22.3 Å². The van der Waals surface area contributed by atoms with Crippen molar-refractivity contribution in [2.24, 2.45) is 0 Å². The highest BCUT2D eigenvalue weighted by Gasteiger charge is 2.32. The highest BCUT2D eigenvalue weighted by atomic mass is 32.2. The summed E-state index contributed by atoms with van der Waals surface area (Å²) in [6.07, 6.45) is 3.28. The Labute approximate surface area is 161 Å². The Kier molecular flexibility index (Phi) is 4.85. The van der Waals surface area contributed by atoms with Gasteiger partial charge in [-0.2, -0.15) is 0 Å². The lowest BCUT2D eigenvalue weighted by atomic mass is 10.1. The van der Waals surface area contributed by atoms with E-state index in [1.807, 2.05) is 35.2 Å². The first-order valence-corrected chi connectivity index (χ1v) is 9.61. The first-order chi connectivity index (χ1) is 13.2. The monoisotopic (exact) mass is 381 g/mol. The zero-order chi connectivity index (χ0) is 18.8. The van der Waals surface area contributed by atoms with E-state index in [2.05, 4.69) is 9.97 Å². The third kappa shape index (κ3) is 3.30. The van der Waals surface area contributed by atoms with Gasteiger partial charge in [-0.1, -0.05) is 6.07 Å². The Bertz CT molecular complexity index is 995. The zero-order valence-corrected chi connectivity index (χ0v) is 15.9. The SMILES string of the molecule is COc1ccc(C2SCCN2C(=O)c2ccc3nccnc3c2)cc1OC. The molecule has 1 unspecified atom stereocenters. The molecule has 1 aliphatic heterocycles. The molecule has 0 saturated carbocycles. The molecule has 1 aliphatic rings. The highest BCUT2D eigenvalue weighted by Crippen LogP contribution is 2.41. The number of rotatable bonds is 4. The number of hydrogen-bond acceptors (Lipinski definition) is 6. The van der Waals surface area contributed by atoms with E-state index in [1.54, 1.807) is 44.4 Å². The largest absolute Gasteiger partial charge is 0.493 e. The van der Waals surface area contributed by atoms with Gasteiger partial charge in [-0.3, -0.25) is 14.8 Å². The van der Waals surface area contributed by atoms with E-state index in [1.165, 1.54) is 0 Å². The van der Waals surface area contributed by atoms with E-state index in [-0.39, 0.29) is 11.3 Å². The van der Waals surface area contributed by atoms with Crippen molar-refractivity contribution in [2.75, 3.05) is 26.5 Å². The number of nitrogens with zero attached hydrogens (tertiary/aromatic N) is 3. The van der Waals surface area contributed by atoms with Gasteiger partial charge in [-0.05, 0) is 35.9 Å². The molecule has 138 valence electrons. The summed E-state index contributed by atoms with van der Waals surface area (Å²) in [7, 11) is 3.22. The van der Waals surface area contributed by atoms with Crippen LogP contribution in [0.1, 0.15) is 21.3 Å². The Hall–Kier alpha value is -2.80. The molecule has 1 aromatic heterocycles. The number of aromatic nitrogens is 2. The van der Waals surface area contributed by atoms with Gasteiger partial charge in [-0.15, -0.1) is 11.8 Å². The maximum absolute atomic E-state index is 13.2. The van der Waals surface area contributed by atoms with E-state index in [9.17, 15) is 4.79 Å². The second kappa shape index (κ2) is 7.44. The highest BCUT2D eigenvalue weighted by molar-refractivity contribution is 7.99. The summed E-state index contributed by atoms with van der Waals surface area (Å²) >= 11 is 1.74. The number of ether oxygens (including phenoxy) is 2. The fourth-order valence-corrected chi connectivity index (χ4v) is 4.47. The van der Waals surface area contributed by atoms with E-state index in [4.69, 9.17) is 9.47 Å². The fourth-order valence-electron chi connectivity index (χ4n) is 3.22. The number of benzene rings is 2. The lowest BCUT2D eigenvalue weighted by Crippen LogP contribution is -2.30. The molecule has 1 fully saturated rings. The van der Waals surface area contributed by atoms with Crippen LogP contribution in [0.15, 0.2) is 48.8 Å². The van der Waals surface area contributed by atoms with Crippen molar-refractivity contribution in [2.45, 2.75) is 5.37 Å². The molecule has 0 radical (unpaired) electrons. The predicted molar refractivity (Wildman–Crippen MR) is 105 cm³/mol. The smallest absolute Gasteiger partial charge is 0.255 e. The quantitative estimate of drug-likeness (QED) is 0.689. The molecule has 0 spiro atoms. The first-order valence-electron chi connectivity index (χ1n) is 8.56. The molecular weight excluding hydrogens is 362 g/mol. The second-order valence-corrected chi connectivity index (χ2v) is 7.28. The minimum atomic E-state index is -0.0603. The fraction of sp³-hybridized carbons (Fsp3) is 0.250. The van der Waals surface area contributed by atoms with Gasteiger partial charge in [-0.25, -0.2) is 0 Å². The average molecular weight is 381 g/mol. The van der Waals surface area contributed by atoms with Gasteiger partial charge in [0.2, 0.25) is 0 Å². The molecule has 3 aromatic rings. The van der Waals surface area contributed by atoms with Crippen molar-refractivity contribution in [3.05, 3.63) is 59.9 Å². The number of methoxy groups -OCH3 is 2. The molecule has 1 amide bonds. The molecule has 7 heteroatoms. The number of carbonyl (C=O) groups is 1. The number of amides is 1. The Morgan fingerprint density at radius 3 is 2.59 bits per heavy atom. The van der Waals surface area contributed by atoms with Crippen LogP contribution in [0.2, 0.25) is 0 Å². The minimum Gasteiger partial charge on any atom is -0.493 e. The maximum Gasteiger partial charge on any atom is 0.255 e. The maximum atomic E-state index is 13.2. The lowest BCUT2D eigenvalue weighted by molar-refractivity contribution is 0.0760. The van der Waals surface area contributed by atoms with Gasteiger partial charge < -0.3 is 14.4 Å². The van der Waals surface area contributed by atoms with Gasteiger partial charge in [0.15, 0.2) is 11.5 Å². The zero-order valence-electron chi connectivity index (χ0n) is 15.1. The first kappa shape index (κ1) is 17.6. The van der Waals surface area contributed by atoms with Gasteiger partial charge >= 0.3 is 0 Å². The van der Waals surface area contributed by atoms with Gasteiger partial charge in [0.25, 0.3) is 5.91 Å². The van der Waals surface area contributed by atoms with Crippen molar-refractivity contribution in [3.63, 3.8) is 0 Å². The molecule has 1 atom stereocenters. The molecule has 0 N–H and O–H groups in total. The molecule has 6 nitrogen and oxygen atoms in total. The van der Waals surface area contributed by atoms with Crippen LogP contribution in [0.3, 0.4) is 0 Å². The van der Waals surface area contributed by atoms with Crippen molar-refractivity contribution in [1.29, 1.82) is 0 Å². The third-order valence-electron chi connectivity index (χ3n) is 4.56.